The molecular formula is C12H18O. The molecule has 4 rings (SSSR count). The first-order valence-corrected chi connectivity index (χ1v) is 5.56. The van der Waals surface area contributed by atoms with Crippen molar-refractivity contribution in [2.45, 2.75) is 44.1 Å². The highest BCUT2D eigenvalue weighted by Gasteiger charge is 2.48. The van der Waals surface area contributed by atoms with Crippen LogP contribution in [-0.2, 0) is 0 Å². The van der Waals surface area contributed by atoms with Crippen LogP contribution >= 0.6 is 0 Å². The van der Waals surface area contributed by atoms with Crippen LogP contribution in [0.3, 0.4) is 0 Å². The van der Waals surface area contributed by atoms with Gasteiger partial charge in [0.1, 0.15) is 0 Å². The lowest BCUT2D eigenvalue weighted by atomic mass is 9.66. The number of hydrogen-bond donors (Lipinski definition) is 1. The van der Waals surface area contributed by atoms with Gasteiger partial charge in [0.2, 0.25) is 0 Å². The van der Waals surface area contributed by atoms with Crippen LogP contribution in [0.25, 0.3) is 0 Å². The van der Waals surface area contributed by atoms with E-state index in [2.05, 4.69) is 6.58 Å². The lowest BCUT2D eigenvalue weighted by Crippen LogP contribution is -2.39. The highest BCUT2D eigenvalue weighted by molar-refractivity contribution is 5.20. The molecule has 0 spiro atoms. The molecule has 4 atom stereocenters. The van der Waals surface area contributed by atoms with Crippen molar-refractivity contribution in [3.63, 3.8) is 0 Å². The lowest BCUT2D eigenvalue weighted by Gasteiger charge is -2.42. The Morgan fingerprint density at radius 3 is 2.23 bits per heavy atom. The minimum Gasteiger partial charge on any atom is -0.386 e. The topological polar surface area (TPSA) is 20.2 Å². The summed E-state index contributed by atoms with van der Waals surface area (Å²) in [6, 6.07) is 0. The molecule has 0 aromatic heterocycles. The molecule has 4 aliphatic rings. The van der Waals surface area contributed by atoms with Gasteiger partial charge in [-0.3, -0.25) is 0 Å². The molecule has 1 N–H and O–H groups in total. The fourth-order valence-corrected chi connectivity index (χ4v) is 4.07. The van der Waals surface area contributed by atoms with Gasteiger partial charge >= 0.3 is 0 Å². The van der Waals surface area contributed by atoms with E-state index in [0.717, 1.165) is 42.6 Å². The second kappa shape index (κ2) is 2.38. The highest BCUT2D eigenvalue weighted by Crippen LogP contribution is 2.54. The molecule has 1 nitrogen and oxygen atoms in total. The average Bonchev–Trinajstić information content (AvgIpc) is 2.12. The molecule has 4 fully saturated rings. The first kappa shape index (κ1) is 8.05. The number of fused-ring (bicyclic) bond motifs is 1. The summed E-state index contributed by atoms with van der Waals surface area (Å²) in [7, 11) is 0. The molecule has 72 valence electrons. The van der Waals surface area contributed by atoms with Gasteiger partial charge < -0.3 is 5.11 Å². The second-order valence-corrected chi connectivity index (χ2v) is 5.55. The Balaban J connectivity index is 2.02. The van der Waals surface area contributed by atoms with E-state index in [9.17, 15) is 5.11 Å². The number of hydrogen-bond acceptors (Lipinski definition) is 1. The molecule has 2 unspecified atom stereocenters. The monoisotopic (exact) mass is 178 g/mol. The average molecular weight is 178 g/mol. The summed E-state index contributed by atoms with van der Waals surface area (Å²) in [5.74, 6) is 2.47. The standard InChI is InChI=1S/C12H18O/c1-8-2-9-3-10-5-11(4-9)7-12(8,13)6-10/h9-11,13H,1-7H2/t9?,10-,11+,12?. The molecule has 13 heavy (non-hydrogen) atoms. The SMILES string of the molecule is C=C1CC2C[C@@H]3C[C@H](C2)CC1(O)C3. The smallest absolute Gasteiger partial charge is 0.0859 e. The number of aliphatic hydroxyl groups is 1. The maximum Gasteiger partial charge on any atom is 0.0859 e. The first-order chi connectivity index (χ1) is 6.16. The van der Waals surface area contributed by atoms with Gasteiger partial charge in [-0.05, 0) is 61.9 Å². The van der Waals surface area contributed by atoms with Crippen LogP contribution < -0.4 is 0 Å². The van der Waals surface area contributed by atoms with Crippen LogP contribution in [0.1, 0.15) is 38.5 Å². The van der Waals surface area contributed by atoms with E-state index in [0.29, 0.717) is 0 Å². The molecule has 0 aromatic rings. The zero-order chi connectivity index (χ0) is 9.05. The summed E-state index contributed by atoms with van der Waals surface area (Å²) in [5, 5.41) is 10.4. The number of rotatable bonds is 0. The second-order valence-electron chi connectivity index (χ2n) is 5.55. The van der Waals surface area contributed by atoms with Gasteiger partial charge in [0.15, 0.2) is 0 Å². The highest BCUT2D eigenvalue weighted by atomic mass is 16.3. The van der Waals surface area contributed by atoms with E-state index >= 15 is 0 Å². The third-order valence-electron chi connectivity index (χ3n) is 4.45. The van der Waals surface area contributed by atoms with Crippen LogP contribution in [0.2, 0.25) is 0 Å². The molecule has 0 aliphatic heterocycles. The molecular weight excluding hydrogens is 160 g/mol. The lowest BCUT2D eigenvalue weighted by molar-refractivity contribution is -0.0152. The summed E-state index contributed by atoms with van der Waals surface area (Å²) in [6.07, 6.45) is 7.23. The minimum atomic E-state index is -0.459. The van der Waals surface area contributed by atoms with E-state index < -0.39 is 5.60 Å². The Morgan fingerprint density at radius 2 is 1.62 bits per heavy atom. The van der Waals surface area contributed by atoms with Gasteiger partial charge in [0.25, 0.3) is 0 Å². The summed E-state index contributed by atoms with van der Waals surface area (Å²) in [4.78, 5) is 0. The summed E-state index contributed by atoms with van der Waals surface area (Å²) in [6.45, 7) is 4.09. The van der Waals surface area contributed by atoms with Gasteiger partial charge in [0, 0.05) is 0 Å². The Labute approximate surface area is 79.8 Å². The van der Waals surface area contributed by atoms with Crippen molar-refractivity contribution in [3.8, 4) is 0 Å². The molecule has 0 aromatic carbocycles. The van der Waals surface area contributed by atoms with Crippen LogP contribution in [0.15, 0.2) is 12.2 Å². The molecule has 4 aliphatic carbocycles. The Kier molecular flexibility index (Phi) is 1.48. The van der Waals surface area contributed by atoms with Crippen molar-refractivity contribution in [1.29, 1.82) is 0 Å². The van der Waals surface area contributed by atoms with E-state index in [4.69, 9.17) is 0 Å². The Bertz CT molecular complexity index is 242. The largest absolute Gasteiger partial charge is 0.386 e. The molecule has 4 bridgehead atoms. The Hall–Kier alpha value is -0.300. The third-order valence-corrected chi connectivity index (χ3v) is 4.45. The zero-order valence-corrected chi connectivity index (χ0v) is 8.13. The van der Waals surface area contributed by atoms with Crippen molar-refractivity contribution in [2.75, 3.05) is 0 Å². The predicted molar refractivity (Wildman–Crippen MR) is 52.3 cm³/mol. The van der Waals surface area contributed by atoms with Crippen molar-refractivity contribution in [1.82, 2.24) is 0 Å². The van der Waals surface area contributed by atoms with Gasteiger partial charge in [-0.1, -0.05) is 6.58 Å². The van der Waals surface area contributed by atoms with Gasteiger partial charge in [-0.2, -0.15) is 0 Å². The minimum absolute atomic E-state index is 0.459. The van der Waals surface area contributed by atoms with Crippen molar-refractivity contribution < 1.29 is 5.11 Å². The fraction of sp³-hybridized carbons (Fsp3) is 0.833. The van der Waals surface area contributed by atoms with E-state index in [-0.39, 0.29) is 0 Å². The van der Waals surface area contributed by atoms with Gasteiger partial charge in [-0.25, -0.2) is 0 Å². The van der Waals surface area contributed by atoms with Crippen molar-refractivity contribution in [2.24, 2.45) is 17.8 Å². The van der Waals surface area contributed by atoms with E-state index in [1.54, 1.807) is 0 Å². The molecule has 1 heteroatoms. The third kappa shape index (κ3) is 1.10. The summed E-state index contributed by atoms with van der Waals surface area (Å²) in [5.41, 5.74) is 0.681. The maximum atomic E-state index is 10.4. The van der Waals surface area contributed by atoms with Crippen LogP contribution in [0.4, 0.5) is 0 Å². The van der Waals surface area contributed by atoms with Crippen LogP contribution in [0, 0.1) is 17.8 Å². The van der Waals surface area contributed by atoms with E-state index in [1.807, 2.05) is 0 Å². The normalized spacial score (nSPS) is 53.9. The van der Waals surface area contributed by atoms with Gasteiger partial charge in [-0.15, -0.1) is 0 Å². The molecule has 4 saturated carbocycles. The van der Waals surface area contributed by atoms with Gasteiger partial charge in [0.05, 0.1) is 5.60 Å². The Morgan fingerprint density at radius 1 is 1.08 bits per heavy atom. The predicted octanol–water partition coefficient (Wildman–Crippen LogP) is 2.50. The maximum absolute atomic E-state index is 10.4. The van der Waals surface area contributed by atoms with E-state index in [1.165, 1.54) is 19.3 Å². The fourth-order valence-electron chi connectivity index (χ4n) is 4.07. The summed E-state index contributed by atoms with van der Waals surface area (Å²) < 4.78 is 0. The quantitative estimate of drug-likeness (QED) is 0.565. The van der Waals surface area contributed by atoms with Crippen molar-refractivity contribution in [3.05, 3.63) is 12.2 Å². The summed E-state index contributed by atoms with van der Waals surface area (Å²) >= 11 is 0. The van der Waals surface area contributed by atoms with Crippen LogP contribution in [-0.4, -0.2) is 10.7 Å². The van der Waals surface area contributed by atoms with Crippen molar-refractivity contribution >= 4 is 0 Å². The molecule has 0 radical (unpaired) electrons. The zero-order valence-electron chi connectivity index (χ0n) is 8.13. The van der Waals surface area contributed by atoms with Crippen LogP contribution in [0.5, 0.6) is 0 Å². The molecule has 0 saturated heterocycles. The molecule has 0 amide bonds. The first-order valence-electron chi connectivity index (χ1n) is 5.56. The molecule has 0 heterocycles.